The minimum atomic E-state index is -0.478. The number of benzene rings is 1. The van der Waals surface area contributed by atoms with E-state index >= 15 is 0 Å². The standard InChI is InChI=1S/C14H22O2/c1-10(2)7-8-16-14-6-5-11(3)9-13(14)12(4)15/h5-6,9-10,12,15H,7-8H2,1-4H3. The quantitative estimate of drug-likeness (QED) is 0.826. The Labute approximate surface area is 98.3 Å². The maximum atomic E-state index is 9.66. The van der Waals surface area contributed by atoms with E-state index in [1.807, 2.05) is 25.1 Å². The number of rotatable bonds is 5. The molecule has 0 aromatic heterocycles. The minimum absolute atomic E-state index is 0.478. The summed E-state index contributed by atoms with van der Waals surface area (Å²) in [5.41, 5.74) is 2.02. The molecule has 2 nitrogen and oxygen atoms in total. The van der Waals surface area contributed by atoms with Crippen LogP contribution in [0.15, 0.2) is 18.2 Å². The van der Waals surface area contributed by atoms with Crippen molar-refractivity contribution in [2.75, 3.05) is 6.61 Å². The van der Waals surface area contributed by atoms with Crippen LogP contribution in [0.4, 0.5) is 0 Å². The summed E-state index contributed by atoms with van der Waals surface area (Å²) >= 11 is 0. The Kier molecular flexibility index (Phi) is 4.81. The van der Waals surface area contributed by atoms with Crippen LogP contribution in [0.3, 0.4) is 0 Å². The molecule has 0 heterocycles. The van der Waals surface area contributed by atoms with E-state index in [1.54, 1.807) is 6.92 Å². The third-order valence-corrected chi connectivity index (χ3v) is 2.57. The normalized spacial score (nSPS) is 12.9. The molecular formula is C14H22O2. The van der Waals surface area contributed by atoms with Crippen LogP contribution in [-0.4, -0.2) is 11.7 Å². The van der Waals surface area contributed by atoms with Gasteiger partial charge in [0.15, 0.2) is 0 Å². The summed E-state index contributed by atoms with van der Waals surface area (Å²) in [6.07, 6.45) is 0.557. The van der Waals surface area contributed by atoms with Gasteiger partial charge in [-0.3, -0.25) is 0 Å². The Morgan fingerprint density at radius 2 is 1.94 bits per heavy atom. The number of hydrogen-bond acceptors (Lipinski definition) is 2. The molecule has 0 bridgehead atoms. The molecule has 2 heteroatoms. The minimum Gasteiger partial charge on any atom is -0.493 e. The van der Waals surface area contributed by atoms with Crippen LogP contribution in [0.5, 0.6) is 5.75 Å². The first-order chi connectivity index (χ1) is 7.50. The van der Waals surface area contributed by atoms with Crippen molar-refractivity contribution in [1.29, 1.82) is 0 Å². The fraction of sp³-hybridized carbons (Fsp3) is 0.571. The molecule has 1 unspecified atom stereocenters. The zero-order valence-electron chi connectivity index (χ0n) is 10.7. The van der Waals surface area contributed by atoms with Gasteiger partial charge >= 0.3 is 0 Å². The van der Waals surface area contributed by atoms with E-state index in [0.29, 0.717) is 12.5 Å². The van der Waals surface area contributed by atoms with E-state index in [9.17, 15) is 5.11 Å². The summed E-state index contributed by atoms with van der Waals surface area (Å²) in [6.45, 7) is 8.84. The molecular weight excluding hydrogens is 200 g/mol. The highest BCUT2D eigenvalue weighted by molar-refractivity contribution is 5.38. The monoisotopic (exact) mass is 222 g/mol. The number of ether oxygens (including phenoxy) is 1. The van der Waals surface area contributed by atoms with Gasteiger partial charge in [-0.25, -0.2) is 0 Å². The van der Waals surface area contributed by atoms with Gasteiger partial charge in [-0.15, -0.1) is 0 Å². The molecule has 0 fully saturated rings. The van der Waals surface area contributed by atoms with Crippen LogP contribution in [0, 0.1) is 12.8 Å². The molecule has 1 aromatic rings. The van der Waals surface area contributed by atoms with Crippen molar-refractivity contribution in [2.24, 2.45) is 5.92 Å². The predicted octanol–water partition coefficient (Wildman–Crippen LogP) is 3.47. The topological polar surface area (TPSA) is 29.5 Å². The van der Waals surface area contributed by atoms with Crippen LogP contribution in [0.25, 0.3) is 0 Å². The lowest BCUT2D eigenvalue weighted by molar-refractivity contribution is 0.190. The van der Waals surface area contributed by atoms with Crippen LogP contribution >= 0.6 is 0 Å². The second-order valence-electron chi connectivity index (χ2n) is 4.75. The van der Waals surface area contributed by atoms with E-state index in [4.69, 9.17) is 4.74 Å². The summed E-state index contributed by atoms with van der Waals surface area (Å²) in [5.74, 6) is 1.45. The van der Waals surface area contributed by atoms with E-state index < -0.39 is 6.10 Å². The molecule has 0 radical (unpaired) electrons. The predicted molar refractivity (Wildman–Crippen MR) is 66.8 cm³/mol. The van der Waals surface area contributed by atoms with Crippen molar-refractivity contribution in [2.45, 2.75) is 40.2 Å². The summed E-state index contributed by atoms with van der Waals surface area (Å²) in [7, 11) is 0. The highest BCUT2D eigenvalue weighted by Gasteiger charge is 2.09. The van der Waals surface area contributed by atoms with Crippen molar-refractivity contribution in [3.05, 3.63) is 29.3 Å². The highest BCUT2D eigenvalue weighted by Crippen LogP contribution is 2.26. The average Bonchev–Trinajstić information content (AvgIpc) is 2.19. The summed E-state index contributed by atoms with van der Waals surface area (Å²) < 4.78 is 5.70. The van der Waals surface area contributed by atoms with Crippen LogP contribution in [-0.2, 0) is 0 Å². The van der Waals surface area contributed by atoms with E-state index in [2.05, 4.69) is 13.8 Å². The Morgan fingerprint density at radius 1 is 1.25 bits per heavy atom. The Balaban J connectivity index is 2.71. The lowest BCUT2D eigenvalue weighted by atomic mass is 10.1. The molecule has 90 valence electrons. The van der Waals surface area contributed by atoms with Gasteiger partial charge in [0.25, 0.3) is 0 Å². The molecule has 0 spiro atoms. The molecule has 0 aliphatic heterocycles. The number of aliphatic hydroxyl groups is 1. The maximum absolute atomic E-state index is 9.66. The molecule has 1 aromatic carbocycles. The first-order valence-electron chi connectivity index (χ1n) is 5.92. The van der Waals surface area contributed by atoms with Gasteiger partial charge in [0.1, 0.15) is 5.75 Å². The van der Waals surface area contributed by atoms with Crippen molar-refractivity contribution in [3.8, 4) is 5.75 Å². The fourth-order valence-electron chi connectivity index (χ4n) is 1.53. The maximum Gasteiger partial charge on any atom is 0.125 e. The van der Waals surface area contributed by atoms with E-state index in [-0.39, 0.29) is 0 Å². The van der Waals surface area contributed by atoms with Crippen LogP contribution in [0.2, 0.25) is 0 Å². The fourth-order valence-corrected chi connectivity index (χ4v) is 1.53. The van der Waals surface area contributed by atoms with Crippen molar-refractivity contribution < 1.29 is 9.84 Å². The van der Waals surface area contributed by atoms with Gasteiger partial charge in [-0.2, -0.15) is 0 Å². The molecule has 0 aliphatic rings. The molecule has 1 atom stereocenters. The molecule has 0 saturated heterocycles. The average molecular weight is 222 g/mol. The van der Waals surface area contributed by atoms with Crippen LogP contribution < -0.4 is 4.74 Å². The third kappa shape index (κ3) is 3.86. The highest BCUT2D eigenvalue weighted by atomic mass is 16.5. The molecule has 16 heavy (non-hydrogen) atoms. The molecule has 1 N–H and O–H groups in total. The zero-order chi connectivity index (χ0) is 12.1. The van der Waals surface area contributed by atoms with Crippen molar-refractivity contribution in [1.82, 2.24) is 0 Å². The van der Waals surface area contributed by atoms with E-state index in [1.165, 1.54) is 0 Å². The van der Waals surface area contributed by atoms with Crippen molar-refractivity contribution in [3.63, 3.8) is 0 Å². The Morgan fingerprint density at radius 3 is 2.50 bits per heavy atom. The Bertz CT molecular complexity index is 330. The molecule has 0 aliphatic carbocycles. The van der Waals surface area contributed by atoms with Gasteiger partial charge in [0.05, 0.1) is 12.7 Å². The summed E-state index contributed by atoms with van der Waals surface area (Å²) in [5, 5.41) is 9.66. The van der Waals surface area contributed by atoms with Crippen LogP contribution in [0.1, 0.15) is 44.4 Å². The lowest BCUT2D eigenvalue weighted by Gasteiger charge is -2.15. The van der Waals surface area contributed by atoms with Gasteiger partial charge in [-0.05, 0) is 38.3 Å². The number of aryl methyl sites for hydroxylation is 1. The second-order valence-corrected chi connectivity index (χ2v) is 4.75. The van der Waals surface area contributed by atoms with Gasteiger partial charge in [-0.1, -0.05) is 25.5 Å². The lowest BCUT2D eigenvalue weighted by Crippen LogP contribution is -2.05. The Hall–Kier alpha value is -1.02. The van der Waals surface area contributed by atoms with E-state index in [0.717, 1.165) is 23.3 Å². The first kappa shape index (κ1) is 13.0. The molecule has 0 saturated carbocycles. The number of aliphatic hydroxyl groups excluding tert-OH is 1. The zero-order valence-corrected chi connectivity index (χ0v) is 10.7. The summed E-state index contributed by atoms with van der Waals surface area (Å²) in [6, 6.07) is 5.93. The second kappa shape index (κ2) is 5.90. The third-order valence-electron chi connectivity index (χ3n) is 2.57. The largest absolute Gasteiger partial charge is 0.493 e. The molecule has 0 amide bonds. The van der Waals surface area contributed by atoms with Gasteiger partial charge < -0.3 is 9.84 Å². The number of hydrogen-bond donors (Lipinski definition) is 1. The molecule has 1 rings (SSSR count). The smallest absolute Gasteiger partial charge is 0.125 e. The van der Waals surface area contributed by atoms with Gasteiger partial charge in [0.2, 0.25) is 0 Å². The van der Waals surface area contributed by atoms with Gasteiger partial charge in [0, 0.05) is 5.56 Å². The van der Waals surface area contributed by atoms with Crippen molar-refractivity contribution >= 4 is 0 Å². The summed E-state index contributed by atoms with van der Waals surface area (Å²) in [4.78, 5) is 0. The SMILES string of the molecule is Cc1ccc(OCCC(C)C)c(C(C)O)c1. The first-order valence-corrected chi connectivity index (χ1v) is 5.92.